The highest BCUT2D eigenvalue weighted by atomic mass is 16.5. The van der Waals surface area contributed by atoms with Crippen LogP contribution in [0.15, 0.2) is 54.6 Å². The summed E-state index contributed by atoms with van der Waals surface area (Å²) in [6, 6.07) is 16.4. The van der Waals surface area contributed by atoms with Gasteiger partial charge in [-0.15, -0.1) is 0 Å². The molecule has 3 rings (SSSR count). The molecular weight excluding hydrogens is 368 g/mol. The maximum Gasteiger partial charge on any atom is 0.408 e. The Morgan fingerprint density at radius 1 is 1.14 bits per heavy atom. The van der Waals surface area contributed by atoms with Crippen LogP contribution in [-0.4, -0.2) is 29.9 Å². The molecule has 0 aromatic heterocycles. The van der Waals surface area contributed by atoms with E-state index in [1.54, 1.807) is 4.90 Å². The van der Waals surface area contributed by atoms with Crippen molar-refractivity contribution in [1.82, 2.24) is 5.32 Å². The first-order valence-corrected chi connectivity index (χ1v) is 9.80. The van der Waals surface area contributed by atoms with Crippen LogP contribution in [-0.2, 0) is 27.3 Å². The lowest BCUT2D eigenvalue weighted by Crippen LogP contribution is -2.56. The van der Waals surface area contributed by atoms with Crippen molar-refractivity contribution in [2.75, 3.05) is 4.90 Å². The molecule has 6 heteroatoms. The Bertz CT molecular complexity index is 861. The maximum absolute atomic E-state index is 13.2. The number of amides is 2. The highest BCUT2D eigenvalue weighted by Gasteiger charge is 2.37. The number of hydrogen-bond donors (Lipinski definition) is 1. The molecule has 154 valence electrons. The minimum Gasteiger partial charge on any atom is -0.445 e. The van der Waals surface area contributed by atoms with Crippen LogP contribution in [0.5, 0.6) is 0 Å². The first-order valence-electron chi connectivity index (χ1n) is 9.80. The summed E-state index contributed by atoms with van der Waals surface area (Å²) in [5.74, 6) is -0.211. The van der Waals surface area contributed by atoms with E-state index in [1.807, 2.05) is 82.3 Å². The van der Waals surface area contributed by atoms with E-state index in [2.05, 4.69) is 5.32 Å². The predicted octanol–water partition coefficient (Wildman–Crippen LogP) is 4.03. The van der Waals surface area contributed by atoms with Crippen LogP contribution in [0, 0.1) is 0 Å². The van der Waals surface area contributed by atoms with Crippen LogP contribution >= 0.6 is 0 Å². The largest absolute Gasteiger partial charge is 0.445 e. The van der Waals surface area contributed by atoms with E-state index in [0.29, 0.717) is 6.42 Å². The number of benzene rings is 2. The smallest absolute Gasteiger partial charge is 0.408 e. The Hall–Kier alpha value is -2.86. The Labute approximate surface area is 171 Å². The molecule has 0 radical (unpaired) electrons. The van der Waals surface area contributed by atoms with Crippen molar-refractivity contribution in [3.05, 3.63) is 65.7 Å². The number of anilines is 1. The Morgan fingerprint density at radius 3 is 2.48 bits per heavy atom. The lowest BCUT2D eigenvalue weighted by atomic mass is 9.97. The van der Waals surface area contributed by atoms with Gasteiger partial charge < -0.3 is 14.8 Å². The van der Waals surface area contributed by atoms with Crippen molar-refractivity contribution in [3.63, 3.8) is 0 Å². The van der Waals surface area contributed by atoms with E-state index >= 15 is 0 Å². The Kier molecular flexibility index (Phi) is 6.23. The molecule has 0 fully saturated rings. The summed E-state index contributed by atoms with van der Waals surface area (Å²) in [5, 5.41) is 2.72. The third kappa shape index (κ3) is 5.35. The standard InChI is InChI=1S/C23H28N2O4/c1-16(29-23(2,3)4)25-20-13-9-8-12-18(20)14-19(21(25)26)24-22(27)28-15-17-10-6-5-7-11-17/h5-13,16,19H,14-15H2,1-4H3,(H,24,27). The summed E-state index contributed by atoms with van der Waals surface area (Å²) in [7, 11) is 0. The number of alkyl carbamates (subject to hydrolysis) is 1. The van der Waals surface area contributed by atoms with Gasteiger partial charge in [0, 0.05) is 12.1 Å². The van der Waals surface area contributed by atoms with Crippen molar-refractivity contribution in [1.29, 1.82) is 0 Å². The van der Waals surface area contributed by atoms with Crippen LogP contribution in [0.2, 0.25) is 0 Å². The lowest BCUT2D eigenvalue weighted by molar-refractivity contribution is -0.126. The molecule has 2 amide bonds. The van der Waals surface area contributed by atoms with Gasteiger partial charge in [0.25, 0.3) is 5.91 Å². The van der Waals surface area contributed by atoms with Crippen molar-refractivity contribution >= 4 is 17.7 Å². The number of nitrogens with one attached hydrogen (secondary N) is 1. The van der Waals surface area contributed by atoms with Gasteiger partial charge in [0.1, 0.15) is 18.9 Å². The fraction of sp³-hybridized carbons (Fsp3) is 0.391. The molecule has 0 bridgehead atoms. The van der Waals surface area contributed by atoms with E-state index in [9.17, 15) is 9.59 Å². The molecule has 0 aliphatic carbocycles. The second-order valence-electron chi connectivity index (χ2n) is 8.13. The van der Waals surface area contributed by atoms with Gasteiger partial charge in [-0.05, 0) is 44.9 Å². The predicted molar refractivity (Wildman–Crippen MR) is 111 cm³/mol. The molecule has 29 heavy (non-hydrogen) atoms. The summed E-state index contributed by atoms with van der Waals surface area (Å²) >= 11 is 0. The molecule has 2 atom stereocenters. The van der Waals surface area contributed by atoms with Crippen molar-refractivity contribution < 1.29 is 19.1 Å². The summed E-state index contributed by atoms with van der Waals surface area (Å²) in [6.45, 7) is 7.83. The van der Waals surface area contributed by atoms with Gasteiger partial charge in [-0.3, -0.25) is 9.69 Å². The zero-order valence-corrected chi connectivity index (χ0v) is 17.3. The first-order chi connectivity index (χ1) is 13.7. The third-order valence-electron chi connectivity index (χ3n) is 4.60. The van der Waals surface area contributed by atoms with E-state index in [-0.39, 0.29) is 12.5 Å². The van der Waals surface area contributed by atoms with Gasteiger partial charge in [0.05, 0.1) is 5.60 Å². The average molecular weight is 396 g/mol. The SMILES string of the molecule is CC(OC(C)(C)C)N1C(=O)C(NC(=O)OCc2ccccc2)Cc2ccccc21. The number of hydrogen-bond acceptors (Lipinski definition) is 4. The van der Waals surface area contributed by atoms with Crippen LogP contribution in [0.4, 0.5) is 10.5 Å². The van der Waals surface area contributed by atoms with Crippen LogP contribution in [0.3, 0.4) is 0 Å². The minimum absolute atomic E-state index is 0.150. The van der Waals surface area contributed by atoms with Gasteiger partial charge in [0.15, 0.2) is 0 Å². The Morgan fingerprint density at radius 2 is 1.79 bits per heavy atom. The van der Waals surface area contributed by atoms with Crippen LogP contribution < -0.4 is 10.2 Å². The maximum atomic E-state index is 13.2. The number of rotatable bonds is 5. The summed E-state index contributed by atoms with van der Waals surface area (Å²) in [4.78, 5) is 27.1. The van der Waals surface area contributed by atoms with Gasteiger partial charge in [0.2, 0.25) is 0 Å². The van der Waals surface area contributed by atoms with E-state index in [1.165, 1.54) is 0 Å². The molecule has 0 saturated carbocycles. The minimum atomic E-state index is -0.709. The molecule has 6 nitrogen and oxygen atoms in total. The van der Waals surface area contributed by atoms with Gasteiger partial charge >= 0.3 is 6.09 Å². The van der Waals surface area contributed by atoms with Crippen molar-refractivity contribution in [2.24, 2.45) is 0 Å². The molecule has 1 N–H and O–H groups in total. The first kappa shape index (κ1) is 20.9. The lowest BCUT2D eigenvalue weighted by Gasteiger charge is -2.40. The number of nitrogens with zero attached hydrogens (tertiary/aromatic N) is 1. The van der Waals surface area contributed by atoms with Crippen molar-refractivity contribution in [2.45, 2.75) is 58.6 Å². The van der Waals surface area contributed by atoms with E-state index in [0.717, 1.165) is 16.8 Å². The zero-order valence-electron chi connectivity index (χ0n) is 17.3. The second kappa shape index (κ2) is 8.66. The molecule has 1 aliphatic heterocycles. The molecule has 1 aliphatic rings. The summed E-state index contributed by atoms with van der Waals surface area (Å²) in [5.41, 5.74) is 2.26. The molecule has 2 aromatic carbocycles. The molecule has 2 aromatic rings. The highest BCUT2D eigenvalue weighted by molar-refractivity contribution is 6.01. The zero-order chi connectivity index (χ0) is 21.0. The van der Waals surface area contributed by atoms with Gasteiger partial charge in [-0.1, -0.05) is 48.5 Å². The number of carbonyl (C=O) groups is 2. The van der Waals surface area contributed by atoms with E-state index in [4.69, 9.17) is 9.47 Å². The van der Waals surface area contributed by atoms with Gasteiger partial charge in [-0.2, -0.15) is 0 Å². The fourth-order valence-electron chi connectivity index (χ4n) is 3.47. The number of fused-ring (bicyclic) bond motifs is 1. The second-order valence-corrected chi connectivity index (χ2v) is 8.13. The van der Waals surface area contributed by atoms with Crippen molar-refractivity contribution in [3.8, 4) is 0 Å². The quantitative estimate of drug-likeness (QED) is 0.829. The Balaban J connectivity index is 1.73. The summed E-state index contributed by atoms with van der Waals surface area (Å²) in [6.07, 6.45) is -0.682. The van der Waals surface area contributed by atoms with Crippen LogP contribution in [0.25, 0.3) is 0 Å². The van der Waals surface area contributed by atoms with Crippen LogP contribution in [0.1, 0.15) is 38.8 Å². The highest BCUT2D eigenvalue weighted by Crippen LogP contribution is 2.31. The number of para-hydroxylation sites is 1. The molecule has 1 heterocycles. The van der Waals surface area contributed by atoms with Gasteiger partial charge in [-0.25, -0.2) is 4.79 Å². The monoisotopic (exact) mass is 396 g/mol. The average Bonchev–Trinajstić information content (AvgIpc) is 2.66. The molecule has 0 saturated heterocycles. The summed E-state index contributed by atoms with van der Waals surface area (Å²) < 4.78 is 11.3. The molecular formula is C23H28N2O4. The molecule has 0 spiro atoms. The molecule has 2 unspecified atom stereocenters. The van der Waals surface area contributed by atoms with E-state index < -0.39 is 24.0 Å². The number of carbonyl (C=O) groups excluding carboxylic acids is 2. The topological polar surface area (TPSA) is 67.9 Å². The number of ether oxygens (including phenoxy) is 2. The fourth-order valence-corrected chi connectivity index (χ4v) is 3.47. The normalized spacial score (nSPS) is 17.4. The third-order valence-corrected chi connectivity index (χ3v) is 4.60.